The van der Waals surface area contributed by atoms with E-state index in [9.17, 15) is 14.0 Å². The van der Waals surface area contributed by atoms with E-state index < -0.39 is 5.82 Å². The van der Waals surface area contributed by atoms with Crippen LogP contribution in [0.25, 0.3) is 28.3 Å². The molecule has 4 aromatic rings. The van der Waals surface area contributed by atoms with Gasteiger partial charge < -0.3 is 9.72 Å². The summed E-state index contributed by atoms with van der Waals surface area (Å²) in [6.07, 6.45) is 7.13. The number of aromatic amines is 1. The van der Waals surface area contributed by atoms with Crippen LogP contribution in [0.5, 0.6) is 0 Å². The number of nitrogens with one attached hydrogen (secondary N) is 1. The molecule has 0 unspecified atom stereocenters. The Morgan fingerprint density at radius 1 is 1.23 bits per heavy atom. The minimum atomic E-state index is -0.398. The molecular formula is C21H21FN6O3. The highest BCUT2D eigenvalue weighted by molar-refractivity contribution is 5.73. The molecule has 5 rings (SSSR count). The van der Waals surface area contributed by atoms with Crippen molar-refractivity contribution in [3.8, 4) is 11.5 Å². The van der Waals surface area contributed by atoms with Crippen LogP contribution in [0.1, 0.15) is 38.6 Å². The van der Waals surface area contributed by atoms with Gasteiger partial charge in [0.05, 0.1) is 24.9 Å². The number of carbonyl (C=O) groups is 1. The number of fused-ring (bicyclic) bond motifs is 2. The van der Waals surface area contributed by atoms with Gasteiger partial charge in [0.2, 0.25) is 0 Å². The first-order valence-corrected chi connectivity index (χ1v) is 10.3. The molecule has 1 aliphatic carbocycles. The summed E-state index contributed by atoms with van der Waals surface area (Å²) in [5.41, 5.74) is 1.86. The smallest absolute Gasteiger partial charge is 0.327 e. The Balaban J connectivity index is 1.50. The van der Waals surface area contributed by atoms with Gasteiger partial charge in [0.25, 0.3) is 0 Å². The molecule has 10 heteroatoms. The highest BCUT2D eigenvalue weighted by atomic mass is 19.1. The van der Waals surface area contributed by atoms with E-state index in [0.717, 1.165) is 0 Å². The number of ether oxygens (including phenoxy) is 1. The average molecular weight is 424 g/mol. The summed E-state index contributed by atoms with van der Waals surface area (Å²) in [4.78, 5) is 40.8. The topological polar surface area (TPSA) is 107 Å². The van der Waals surface area contributed by atoms with E-state index in [0.29, 0.717) is 60.6 Å². The molecule has 9 nitrogen and oxygen atoms in total. The van der Waals surface area contributed by atoms with Crippen LogP contribution in [0.15, 0.2) is 35.5 Å². The van der Waals surface area contributed by atoms with Crippen LogP contribution in [0.2, 0.25) is 0 Å². The van der Waals surface area contributed by atoms with Gasteiger partial charge in [-0.3, -0.25) is 13.8 Å². The number of rotatable bonds is 4. The number of halogens is 1. The molecule has 4 heterocycles. The standard InChI is InChI=1S/C21H21FN6O3/c1-2-31-20(29)12-3-6-14(7-4-12)28-19-15(25-21(28)30)9-24-18(26-19)16-10-23-17-8-5-13(22)11-27(16)17/h5,8-12,14H,2-4,6-7H2,1H3,(H,25,30). The fraction of sp³-hybridized carbons (Fsp3) is 0.381. The van der Waals surface area contributed by atoms with E-state index in [-0.39, 0.29) is 23.6 Å². The molecule has 0 spiro atoms. The number of H-pyrrole nitrogens is 1. The summed E-state index contributed by atoms with van der Waals surface area (Å²) in [6, 6.07) is 2.84. The molecule has 0 saturated heterocycles. The van der Waals surface area contributed by atoms with E-state index in [1.807, 2.05) is 0 Å². The fourth-order valence-corrected chi connectivity index (χ4v) is 4.33. The second-order valence-electron chi connectivity index (χ2n) is 7.71. The van der Waals surface area contributed by atoms with Gasteiger partial charge >= 0.3 is 11.7 Å². The Kier molecular flexibility index (Phi) is 4.76. The van der Waals surface area contributed by atoms with Crippen molar-refractivity contribution in [2.24, 2.45) is 5.92 Å². The van der Waals surface area contributed by atoms with E-state index in [1.54, 1.807) is 34.4 Å². The number of carbonyl (C=O) groups excluding carboxylic acids is 1. The molecule has 160 valence electrons. The lowest BCUT2D eigenvalue weighted by Crippen LogP contribution is -2.29. The van der Waals surface area contributed by atoms with Crippen molar-refractivity contribution in [3.05, 3.63) is 47.0 Å². The van der Waals surface area contributed by atoms with E-state index in [1.165, 1.54) is 12.3 Å². The van der Waals surface area contributed by atoms with E-state index >= 15 is 0 Å². The second kappa shape index (κ2) is 7.60. The summed E-state index contributed by atoms with van der Waals surface area (Å²) in [5, 5.41) is 0. The summed E-state index contributed by atoms with van der Waals surface area (Å²) in [6.45, 7) is 2.16. The molecule has 0 aromatic carbocycles. The maximum Gasteiger partial charge on any atom is 0.327 e. The van der Waals surface area contributed by atoms with Crippen LogP contribution in [0.3, 0.4) is 0 Å². The third-order valence-electron chi connectivity index (χ3n) is 5.84. The fourth-order valence-electron chi connectivity index (χ4n) is 4.33. The predicted molar refractivity (Wildman–Crippen MR) is 110 cm³/mol. The van der Waals surface area contributed by atoms with Crippen molar-refractivity contribution in [2.45, 2.75) is 38.6 Å². The Morgan fingerprint density at radius 3 is 2.81 bits per heavy atom. The third kappa shape index (κ3) is 3.37. The van der Waals surface area contributed by atoms with Gasteiger partial charge in [-0.05, 0) is 44.7 Å². The molecule has 0 aliphatic heterocycles. The van der Waals surface area contributed by atoms with Gasteiger partial charge in [0.15, 0.2) is 11.5 Å². The van der Waals surface area contributed by atoms with Gasteiger partial charge in [-0.25, -0.2) is 24.1 Å². The van der Waals surface area contributed by atoms with Crippen LogP contribution in [-0.4, -0.2) is 41.5 Å². The quantitative estimate of drug-likeness (QED) is 0.505. The summed E-state index contributed by atoms with van der Waals surface area (Å²) >= 11 is 0. The van der Waals surface area contributed by atoms with Gasteiger partial charge in [0.1, 0.15) is 22.7 Å². The second-order valence-corrected chi connectivity index (χ2v) is 7.71. The maximum absolute atomic E-state index is 13.7. The van der Waals surface area contributed by atoms with Crippen molar-refractivity contribution in [1.82, 2.24) is 28.9 Å². The molecule has 4 aromatic heterocycles. The van der Waals surface area contributed by atoms with Crippen LogP contribution in [0.4, 0.5) is 4.39 Å². The minimum absolute atomic E-state index is 0.0747. The molecule has 1 aliphatic rings. The number of pyridine rings is 1. The zero-order valence-corrected chi connectivity index (χ0v) is 16.9. The zero-order valence-electron chi connectivity index (χ0n) is 16.9. The lowest BCUT2D eigenvalue weighted by Gasteiger charge is -2.27. The lowest BCUT2D eigenvalue weighted by atomic mass is 9.86. The normalized spacial score (nSPS) is 19.2. The molecule has 0 bridgehead atoms. The molecule has 1 N–H and O–H groups in total. The summed E-state index contributed by atoms with van der Waals surface area (Å²) in [5.74, 6) is -0.352. The number of nitrogens with zero attached hydrogens (tertiary/aromatic N) is 5. The molecular weight excluding hydrogens is 403 g/mol. The molecule has 31 heavy (non-hydrogen) atoms. The number of hydrogen-bond acceptors (Lipinski definition) is 6. The number of imidazole rings is 2. The maximum atomic E-state index is 13.7. The first-order chi connectivity index (χ1) is 15.0. The number of aromatic nitrogens is 6. The Morgan fingerprint density at radius 2 is 2.03 bits per heavy atom. The molecule has 0 radical (unpaired) electrons. The molecule has 0 amide bonds. The van der Waals surface area contributed by atoms with Crippen LogP contribution in [-0.2, 0) is 9.53 Å². The van der Waals surface area contributed by atoms with Gasteiger partial charge in [-0.2, -0.15) is 0 Å². The van der Waals surface area contributed by atoms with E-state index in [4.69, 9.17) is 4.74 Å². The largest absolute Gasteiger partial charge is 0.466 e. The van der Waals surface area contributed by atoms with Crippen molar-refractivity contribution >= 4 is 22.8 Å². The number of esters is 1. The first kappa shape index (κ1) is 19.4. The van der Waals surface area contributed by atoms with Gasteiger partial charge in [0, 0.05) is 12.2 Å². The first-order valence-electron chi connectivity index (χ1n) is 10.3. The highest BCUT2D eigenvalue weighted by Crippen LogP contribution is 2.33. The summed E-state index contributed by atoms with van der Waals surface area (Å²) < 4.78 is 22.1. The highest BCUT2D eigenvalue weighted by Gasteiger charge is 2.30. The lowest BCUT2D eigenvalue weighted by molar-refractivity contribution is -0.149. The average Bonchev–Trinajstić information content (AvgIpc) is 3.33. The van der Waals surface area contributed by atoms with Crippen LogP contribution in [0, 0.1) is 11.7 Å². The Hall–Kier alpha value is -3.56. The van der Waals surface area contributed by atoms with Crippen LogP contribution >= 0.6 is 0 Å². The Bertz CT molecular complexity index is 1330. The third-order valence-corrected chi connectivity index (χ3v) is 5.84. The molecule has 0 atom stereocenters. The van der Waals surface area contributed by atoms with Crippen LogP contribution < -0.4 is 5.69 Å². The SMILES string of the molecule is CCOC(=O)C1CCC(n2c(=O)[nH]c3cnc(-c4cnc5ccc(F)cn45)nc32)CC1. The molecule has 1 saturated carbocycles. The van der Waals surface area contributed by atoms with Crippen molar-refractivity contribution < 1.29 is 13.9 Å². The van der Waals surface area contributed by atoms with Gasteiger partial charge in [-0.1, -0.05) is 0 Å². The van der Waals surface area contributed by atoms with Gasteiger partial charge in [-0.15, -0.1) is 0 Å². The molecule has 1 fully saturated rings. The van der Waals surface area contributed by atoms with E-state index in [2.05, 4.69) is 19.9 Å². The van der Waals surface area contributed by atoms with Crippen molar-refractivity contribution in [2.75, 3.05) is 6.61 Å². The van der Waals surface area contributed by atoms with Crippen molar-refractivity contribution in [3.63, 3.8) is 0 Å². The summed E-state index contributed by atoms with van der Waals surface area (Å²) in [7, 11) is 0. The van der Waals surface area contributed by atoms with Crippen molar-refractivity contribution in [1.29, 1.82) is 0 Å². The minimum Gasteiger partial charge on any atom is -0.466 e. The zero-order chi connectivity index (χ0) is 21.5. The predicted octanol–water partition coefficient (Wildman–Crippen LogP) is 2.87. The Labute approximate surface area is 175 Å². The monoisotopic (exact) mass is 424 g/mol. The number of hydrogen-bond donors (Lipinski definition) is 1.